The lowest BCUT2D eigenvalue weighted by Crippen LogP contribution is -2.08. The van der Waals surface area contributed by atoms with Gasteiger partial charge in [-0.2, -0.15) is 0 Å². The molecule has 0 aliphatic carbocycles. The van der Waals surface area contributed by atoms with Gasteiger partial charge in [0.25, 0.3) is 0 Å². The normalized spacial score (nSPS) is 24.9. The maximum absolute atomic E-state index is 5.94. The van der Waals surface area contributed by atoms with Crippen molar-refractivity contribution in [3.05, 3.63) is 22.7 Å². The third kappa shape index (κ3) is 2.70. The summed E-state index contributed by atoms with van der Waals surface area (Å²) in [6.45, 7) is 2.50. The number of hydrogen-bond donors (Lipinski definition) is 0. The largest absolute Gasteiger partial charge is 0.378 e. The van der Waals surface area contributed by atoms with Gasteiger partial charge in [-0.3, -0.25) is 0 Å². The van der Waals surface area contributed by atoms with Crippen LogP contribution >= 0.6 is 11.6 Å². The summed E-state index contributed by atoms with van der Waals surface area (Å²) < 4.78 is 10.7. The van der Waals surface area contributed by atoms with Crippen LogP contribution < -0.4 is 0 Å². The monoisotopic (exact) mass is 242 g/mol. The van der Waals surface area contributed by atoms with Crippen molar-refractivity contribution >= 4 is 11.6 Å². The average Bonchev–Trinajstić information content (AvgIpc) is 2.64. The van der Waals surface area contributed by atoms with Crippen LogP contribution in [0.15, 0.2) is 6.07 Å². The van der Waals surface area contributed by atoms with Crippen LogP contribution in [0, 0.1) is 0 Å². The SMILES string of the molecule is COCc1cc(Cl)nc(C2CCC(C)O2)n1. The summed E-state index contributed by atoms with van der Waals surface area (Å²) in [5.41, 5.74) is 0.792. The van der Waals surface area contributed by atoms with Gasteiger partial charge in [-0.15, -0.1) is 0 Å². The molecule has 2 heterocycles. The minimum Gasteiger partial charge on any atom is -0.378 e. The van der Waals surface area contributed by atoms with E-state index in [0.717, 1.165) is 18.5 Å². The van der Waals surface area contributed by atoms with Crippen LogP contribution in [0.25, 0.3) is 0 Å². The van der Waals surface area contributed by atoms with Crippen molar-refractivity contribution in [1.29, 1.82) is 0 Å². The third-order valence-electron chi connectivity index (χ3n) is 2.58. The lowest BCUT2D eigenvalue weighted by Gasteiger charge is -2.11. The second-order valence-electron chi connectivity index (χ2n) is 3.99. The quantitative estimate of drug-likeness (QED) is 0.764. The van der Waals surface area contributed by atoms with Gasteiger partial charge >= 0.3 is 0 Å². The van der Waals surface area contributed by atoms with E-state index in [1.165, 1.54) is 0 Å². The number of halogens is 1. The lowest BCUT2D eigenvalue weighted by atomic mass is 10.2. The van der Waals surface area contributed by atoms with E-state index in [9.17, 15) is 0 Å². The summed E-state index contributed by atoms with van der Waals surface area (Å²) in [6.07, 6.45) is 2.25. The summed E-state index contributed by atoms with van der Waals surface area (Å²) in [5, 5.41) is 0.445. The van der Waals surface area contributed by atoms with Crippen LogP contribution in [0.5, 0.6) is 0 Å². The summed E-state index contributed by atoms with van der Waals surface area (Å²) in [7, 11) is 1.63. The van der Waals surface area contributed by atoms with E-state index >= 15 is 0 Å². The van der Waals surface area contributed by atoms with Gasteiger partial charge in [0.05, 0.1) is 18.4 Å². The molecular weight excluding hydrogens is 228 g/mol. The number of methoxy groups -OCH3 is 1. The van der Waals surface area contributed by atoms with Crippen LogP contribution in [-0.4, -0.2) is 23.2 Å². The van der Waals surface area contributed by atoms with Crippen LogP contribution in [0.4, 0.5) is 0 Å². The molecule has 1 saturated heterocycles. The molecule has 1 aromatic rings. The van der Waals surface area contributed by atoms with Crippen LogP contribution in [0.2, 0.25) is 5.15 Å². The smallest absolute Gasteiger partial charge is 0.159 e. The van der Waals surface area contributed by atoms with Gasteiger partial charge < -0.3 is 9.47 Å². The predicted octanol–water partition coefficient (Wildman–Crippen LogP) is 2.52. The zero-order valence-electron chi connectivity index (χ0n) is 9.44. The first-order valence-electron chi connectivity index (χ1n) is 5.37. The number of nitrogens with zero attached hydrogens (tertiary/aromatic N) is 2. The highest BCUT2D eigenvalue weighted by molar-refractivity contribution is 6.29. The maximum atomic E-state index is 5.94. The van der Waals surface area contributed by atoms with Gasteiger partial charge in [-0.25, -0.2) is 9.97 Å². The minimum absolute atomic E-state index is 0.0238. The van der Waals surface area contributed by atoms with Crippen molar-refractivity contribution in [3.63, 3.8) is 0 Å². The lowest BCUT2D eigenvalue weighted by molar-refractivity contribution is 0.0498. The molecule has 5 heteroatoms. The van der Waals surface area contributed by atoms with E-state index < -0.39 is 0 Å². The highest BCUT2D eigenvalue weighted by Gasteiger charge is 2.26. The number of rotatable bonds is 3. The Morgan fingerprint density at radius 1 is 1.50 bits per heavy atom. The molecule has 0 aromatic carbocycles. The molecule has 0 spiro atoms. The van der Waals surface area contributed by atoms with Crippen molar-refractivity contribution in [2.24, 2.45) is 0 Å². The van der Waals surface area contributed by atoms with Gasteiger partial charge in [-0.1, -0.05) is 11.6 Å². The van der Waals surface area contributed by atoms with Gasteiger partial charge in [-0.05, 0) is 25.8 Å². The van der Waals surface area contributed by atoms with Crippen molar-refractivity contribution in [3.8, 4) is 0 Å². The first-order valence-corrected chi connectivity index (χ1v) is 5.74. The molecule has 0 saturated carbocycles. The van der Waals surface area contributed by atoms with E-state index in [0.29, 0.717) is 17.6 Å². The minimum atomic E-state index is -0.0238. The molecule has 2 rings (SSSR count). The van der Waals surface area contributed by atoms with Crippen molar-refractivity contribution in [2.45, 2.75) is 38.6 Å². The number of ether oxygens (including phenoxy) is 2. The Labute approximate surface area is 99.9 Å². The molecule has 1 fully saturated rings. The fourth-order valence-electron chi connectivity index (χ4n) is 1.84. The first kappa shape index (κ1) is 11.8. The molecule has 0 bridgehead atoms. The van der Waals surface area contributed by atoms with Gasteiger partial charge in [0, 0.05) is 7.11 Å². The number of hydrogen-bond acceptors (Lipinski definition) is 4. The molecule has 4 nitrogen and oxygen atoms in total. The van der Waals surface area contributed by atoms with Crippen molar-refractivity contribution < 1.29 is 9.47 Å². The second-order valence-corrected chi connectivity index (χ2v) is 4.37. The molecular formula is C11H15ClN2O2. The third-order valence-corrected chi connectivity index (χ3v) is 2.77. The molecule has 16 heavy (non-hydrogen) atoms. The van der Waals surface area contributed by atoms with Gasteiger partial charge in [0.2, 0.25) is 0 Å². The highest BCUT2D eigenvalue weighted by Crippen LogP contribution is 2.31. The highest BCUT2D eigenvalue weighted by atomic mass is 35.5. The van der Waals surface area contributed by atoms with Crippen LogP contribution in [-0.2, 0) is 16.1 Å². The predicted molar refractivity (Wildman–Crippen MR) is 60.3 cm³/mol. The van der Waals surface area contributed by atoms with E-state index in [2.05, 4.69) is 16.9 Å². The van der Waals surface area contributed by atoms with Crippen molar-refractivity contribution in [2.75, 3.05) is 7.11 Å². The molecule has 88 valence electrons. The Morgan fingerprint density at radius 3 is 2.94 bits per heavy atom. The Hall–Kier alpha value is -0.710. The van der Waals surface area contributed by atoms with E-state index in [1.54, 1.807) is 13.2 Å². The molecule has 1 aromatic heterocycles. The summed E-state index contributed by atoms with van der Waals surface area (Å²) in [6, 6.07) is 1.72. The first-order chi connectivity index (χ1) is 7.69. The summed E-state index contributed by atoms with van der Waals surface area (Å²) in [4.78, 5) is 8.60. The molecule has 0 radical (unpaired) electrons. The standard InChI is InChI=1S/C11H15ClN2O2/c1-7-3-4-9(16-7)11-13-8(6-15-2)5-10(12)14-11/h5,7,9H,3-4,6H2,1-2H3. The Balaban J connectivity index is 2.20. The topological polar surface area (TPSA) is 44.2 Å². The molecule has 1 aliphatic heterocycles. The maximum Gasteiger partial charge on any atom is 0.159 e. The summed E-state index contributed by atoms with van der Waals surface area (Å²) in [5.74, 6) is 0.670. The zero-order valence-corrected chi connectivity index (χ0v) is 10.2. The zero-order chi connectivity index (χ0) is 11.5. The van der Waals surface area contributed by atoms with Gasteiger partial charge in [0.1, 0.15) is 11.3 Å². The van der Waals surface area contributed by atoms with E-state index in [-0.39, 0.29) is 12.2 Å². The van der Waals surface area contributed by atoms with Crippen molar-refractivity contribution in [1.82, 2.24) is 9.97 Å². The summed E-state index contributed by atoms with van der Waals surface area (Å²) >= 11 is 5.94. The van der Waals surface area contributed by atoms with E-state index in [4.69, 9.17) is 21.1 Å². The Morgan fingerprint density at radius 2 is 2.31 bits per heavy atom. The molecule has 1 aliphatic rings. The molecule has 2 atom stereocenters. The second kappa shape index (κ2) is 5.08. The van der Waals surface area contributed by atoms with Crippen LogP contribution in [0.1, 0.15) is 37.4 Å². The molecule has 0 N–H and O–H groups in total. The Bertz CT molecular complexity index is 373. The molecule has 2 unspecified atom stereocenters. The van der Waals surface area contributed by atoms with Crippen LogP contribution in [0.3, 0.4) is 0 Å². The molecule has 0 amide bonds. The van der Waals surface area contributed by atoms with E-state index in [1.807, 2.05) is 0 Å². The van der Waals surface area contributed by atoms with Gasteiger partial charge in [0.15, 0.2) is 5.82 Å². The average molecular weight is 243 g/mol. The number of aromatic nitrogens is 2. The fourth-order valence-corrected chi connectivity index (χ4v) is 2.05. The Kier molecular flexibility index (Phi) is 3.74. The fraction of sp³-hybridized carbons (Fsp3) is 0.636.